The first-order valence-corrected chi connectivity index (χ1v) is 8.99. The van der Waals surface area contributed by atoms with Crippen molar-refractivity contribution in [2.75, 3.05) is 26.2 Å². The van der Waals surface area contributed by atoms with Gasteiger partial charge >= 0.3 is 6.03 Å². The fraction of sp³-hybridized carbons (Fsp3) is 0.250. The summed E-state index contributed by atoms with van der Waals surface area (Å²) in [6, 6.07) is 13.3. The van der Waals surface area contributed by atoms with Crippen LogP contribution >= 0.6 is 0 Å². The highest BCUT2D eigenvalue weighted by atomic mass is 16.2. The maximum Gasteiger partial charge on any atom is 0.317 e. The van der Waals surface area contributed by atoms with Crippen LogP contribution in [-0.2, 0) is 6.54 Å². The van der Waals surface area contributed by atoms with E-state index in [1.165, 1.54) is 0 Å². The van der Waals surface area contributed by atoms with Crippen molar-refractivity contribution in [2.24, 2.45) is 0 Å². The summed E-state index contributed by atoms with van der Waals surface area (Å²) in [4.78, 5) is 35.7. The number of nitrogens with one attached hydrogen (secondary N) is 2. The monoisotopic (exact) mass is 363 g/mol. The van der Waals surface area contributed by atoms with Crippen LogP contribution in [0.15, 0.2) is 54.9 Å². The van der Waals surface area contributed by atoms with E-state index in [2.05, 4.69) is 15.3 Å². The number of amides is 3. The Hall–Kier alpha value is -3.35. The SMILES string of the molecule is O=C(NCc1ccncc1)N1CCN(C(=O)c2cc3ccccc3[nH]2)CC1. The fourth-order valence-corrected chi connectivity index (χ4v) is 3.26. The summed E-state index contributed by atoms with van der Waals surface area (Å²) < 4.78 is 0. The molecule has 3 aromatic rings. The zero-order chi connectivity index (χ0) is 18.6. The van der Waals surface area contributed by atoms with Gasteiger partial charge in [0.25, 0.3) is 5.91 Å². The van der Waals surface area contributed by atoms with Crippen molar-refractivity contribution >= 4 is 22.8 Å². The van der Waals surface area contributed by atoms with Gasteiger partial charge in [-0.2, -0.15) is 0 Å². The third kappa shape index (κ3) is 3.76. The number of piperazine rings is 1. The second-order valence-electron chi connectivity index (χ2n) is 6.56. The largest absolute Gasteiger partial charge is 0.351 e. The van der Waals surface area contributed by atoms with Crippen molar-refractivity contribution in [3.8, 4) is 0 Å². The van der Waals surface area contributed by atoms with Gasteiger partial charge < -0.3 is 20.1 Å². The Kier molecular flexibility index (Phi) is 4.74. The lowest BCUT2D eigenvalue weighted by Gasteiger charge is -2.34. The van der Waals surface area contributed by atoms with Crippen LogP contribution in [0.25, 0.3) is 10.9 Å². The molecule has 2 aromatic heterocycles. The number of benzene rings is 1. The molecule has 4 rings (SSSR count). The maximum absolute atomic E-state index is 12.7. The molecule has 3 amide bonds. The minimum absolute atomic E-state index is 0.0250. The first-order chi connectivity index (χ1) is 13.2. The maximum atomic E-state index is 12.7. The van der Waals surface area contributed by atoms with Crippen LogP contribution in [-0.4, -0.2) is 57.9 Å². The summed E-state index contributed by atoms with van der Waals surface area (Å²) in [5.74, 6) is -0.0250. The Labute approximate surface area is 157 Å². The van der Waals surface area contributed by atoms with E-state index >= 15 is 0 Å². The van der Waals surface area contributed by atoms with E-state index in [-0.39, 0.29) is 11.9 Å². The molecule has 3 heterocycles. The van der Waals surface area contributed by atoms with Gasteiger partial charge in [0.15, 0.2) is 0 Å². The van der Waals surface area contributed by atoms with Gasteiger partial charge in [-0.05, 0) is 29.8 Å². The number of carbonyl (C=O) groups is 2. The molecule has 7 nitrogen and oxygen atoms in total. The molecule has 1 fully saturated rings. The third-order valence-corrected chi connectivity index (χ3v) is 4.81. The van der Waals surface area contributed by atoms with E-state index < -0.39 is 0 Å². The van der Waals surface area contributed by atoms with E-state index in [4.69, 9.17) is 0 Å². The molecule has 0 unspecified atom stereocenters. The molecular weight excluding hydrogens is 342 g/mol. The third-order valence-electron chi connectivity index (χ3n) is 4.81. The summed E-state index contributed by atoms with van der Waals surface area (Å²) in [5, 5.41) is 3.93. The average molecular weight is 363 g/mol. The summed E-state index contributed by atoms with van der Waals surface area (Å²) in [7, 11) is 0. The Morgan fingerprint density at radius 3 is 2.44 bits per heavy atom. The molecule has 1 saturated heterocycles. The Bertz CT molecular complexity index is 912. The van der Waals surface area contributed by atoms with Gasteiger partial charge in [0, 0.05) is 56.0 Å². The number of H-pyrrole nitrogens is 1. The molecular formula is C20H21N5O2. The quantitative estimate of drug-likeness (QED) is 0.749. The first kappa shape index (κ1) is 17.1. The van der Waals surface area contributed by atoms with Crippen molar-refractivity contribution in [2.45, 2.75) is 6.54 Å². The highest BCUT2D eigenvalue weighted by Gasteiger charge is 2.25. The lowest BCUT2D eigenvalue weighted by atomic mass is 10.2. The van der Waals surface area contributed by atoms with Gasteiger partial charge in [0.1, 0.15) is 5.69 Å². The van der Waals surface area contributed by atoms with Crippen molar-refractivity contribution < 1.29 is 9.59 Å². The lowest BCUT2D eigenvalue weighted by molar-refractivity contribution is 0.0660. The minimum atomic E-state index is -0.107. The number of fused-ring (bicyclic) bond motifs is 1. The molecule has 0 aliphatic carbocycles. The molecule has 1 aliphatic heterocycles. The molecule has 0 atom stereocenters. The van der Waals surface area contributed by atoms with E-state index in [9.17, 15) is 9.59 Å². The number of nitrogens with zero attached hydrogens (tertiary/aromatic N) is 3. The van der Waals surface area contributed by atoms with Gasteiger partial charge in [-0.15, -0.1) is 0 Å². The number of aromatic nitrogens is 2. The average Bonchev–Trinajstić information content (AvgIpc) is 3.16. The van der Waals surface area contributed by atoms with Crippen LogP contribution in [0, 0.1) is 0 Å². The lowest BCUT2D eigenvalue weighted by Crippen LogP contribution is -2.53. The molecule has 0 spiro atoms. The standard InChI is InChI=1S/C20H21N5O2/c26-19(18-13-16-3-1-2-4-17(16)23-18)24-9-11-25(12-10-24)20(27)22-14-15-5-7-21-8-6-15/h1-8,13,23H,9-12,14H2,(H,22,27). The van der Waals surface area contributed by atoms with Crippen LogP contribution in [0.4, 0.5) is 4.79 Å². The first-order valence-electron chi connectivity index (χ1n) is 8.99. The van der Waals surface area contributed by atoms with Crippen molar-refractivity contribution in [1.29, 1.82) is 0 Å². The van der Waals surface area contributed by atoms with Crippen molar-refractivity contribution in [3.63, 3.8) is 0 Å². The van der Waals surface area contributed by atoms with Gasteiger partial charge in [0.05, 0.1) is 0 Å². The number of carbonyl (C=O) groups excluding carboxylic acids is 2. The number of hydrogen-bond donors (Lipinski definition) is 2. The molecule has 1 aromatic carbocycles. The fourth-order valence-electron chi connectivity index (χ4n) is 3.26. The van der Waals surface area contributed by atoms with Crippen LogP contribution in [0.2, 0.25) is 0 Å². The Morgan fingerprint density at radius 1 is 1.00 bits per heavy atom. The topological polar surface area (TPSA) is 81.3 Å². The zero-order valence-electron chi connectivity index (χ0n) is 14.9. The molecule has 1 aliphatic rings. The second kappa shape index (κ2) is 7.49. The van der Waals surface area contributed by atoms with E-state index in [1.54, 1.807) is 22.2 Å². The number of hydrogen-bond acceptors (Lipinski definition) is 3. The highest BCUT2D eigenvalue weighted by Crippen LogP contribution is 2.17. The summed E-state index contributed by atoms with van der Waals surface area (Å²) in [6.45, 7) is 2.56. The number of aromatic amines is 1. The van der Waals surface area contributed by atoms with Gasteiger partial charge in [-0.1, -0.05) is 18.2 Å². The predicted octanol–water partition coefficient (Wildman–Crippen LogP) is 2.23. The molecule has 2 N–H and O–H groups in total. The van der Waals surface area contributed by atoms with Crippen LogP contribution in [0.3, 0.4) is 0 Å². The van der Waals surface area contributed by atoms with E-state index in [1.807, 2.05) is 42.5 Å². The number of rotatable bonds is 3. The molecule has 138 valence electrons. The van der Waals surface area contributed by atoms with E-state index in [0.29, 0.717) is 38.4 Å². The predicted molar refractivity (Wildman–Crippen MR) is 102 cm³/mol. The molecule has 27 heavy (non-hydrogen) atoms. The van der Waals surface area contributed by atoms with Gasteiger partial charge in [-0.25, -0.2) is 4.79 Å². The second-order valence-corrected chi connectivity index (χ2v) is 6.56. The normalized spacial score (nSPS) is 14.4. The Balaban J connectivity index is 1.31. The van der Waals surface area contributed by atoms with E-state index in [0.717, 1.165) is 16.5 Å². The molecule has 0 radical (unpaired) electrons. The summed E-state index contributed by atoms with van der Waals surface area (Å²) in [6.07, 6.45) is 3.41. The van der Waals surface area contributed by atoms with Gasteiger partial charge in [-0.3, -0.25) is 9.78 Å². The number of para-hydroxylation sites is 1. The highest BCUT2D eigenvalue weighted by molar-refractivity contribution is 5.98. The summed E-state index contributed by atoms with van der Waals surface area (Å²) >= 11 is 0. The summed E-state index contributed by atoms with van der Waals surface area (Å²) in [5.41, 5.74) is 2.55. The van der Waals surface area contributed by atoms with Crippen molar-refractivity contribution in [1.82, 2.24) is 25.1 Å². The minimum Gasteiger partial charge on any atom is -0.351 e. The smallest absolute Gasteiger partial charge is 0.317 e. The number of pyridine rings is 1. The van der Waals surface area contributed by atoms with Crippen LogP contribution in [0.1, 0.15) is 16.1 Å². The molecule has 0 bridgehead atoms. The number of urea groups is 1. The Morgan fingerprint density at radius 2 is 1.70 bits per heavy atom. The van der Waals surface area contributed by atoms with Gasteiger partial charge in [0.2, 0.25) is 0 Å². The molecule has 7 heteroatoms. The van der Waals surface area contributed by atoms with Crippen molar-refractivity contribution in [3.05, 3.63) is 66.1 Å². The zero-order valence-corrected chi connectivity index (χ0v) is 14.9. The van der Waals surface area contributed by atoms with Crippen LogP contribution in [0.5, 0.6) is 0 Å². The van der Waals surface area contributed by atoms with Crippen LogP contribution < -0.4 is 5.32 Å². The molecule has 0 saturated carbocycles.